The number of nitrogens with one attached hydrogen (secondary N) is 1. The number of carbonyl (C=O) groups excluding carboxylic acids is 1. The molecule has 3 N–H and O–H groups in total. The predicted molar refractivity (Wildman–Crippen MR) is 100 cm³/mol. The van der Waals surface area contributed by atoms with Crippen LogP contribution in [0.5, 0.6) is 0 Å². The highest BCUT2D eigenvalue weighted by Crippen LogP contribution is 2.34. The maximum atomic E-state index is 13.3. The lowest BCUT2D eigenvalue weighted by atomic mass is 9.91. The molecule has 1 aliphatic heterocycles. The third-order valence-corrected chi connectivity index (χ3v) is 5.22. The van der Waals surface area contributed by atoms with Gasteiger partial charge in [0.15, 0.2) is 0 Å². The highest BCUT2D eigenvalue weighted by atomic mass is 16.2. The fraction of sp³-hybridized carbons (Fsp3) is 0.286. The molecule has 128 valence electrons. The zero-order valence-corrected chi connectivity index (χ0v) is 14.2. The Labute approximate surface area is 147 Å². The molecule has 1 amide bonds. The zero-order valence-electron chi connectivity index (χ0n) is 14.2. The lowest BCUT2D eigenvalue weighted by Gasteiger charge is -2.37. The Balaban J connectivity index is 1.73. The summed E-state index contributed by atoms with van der Waals surface area (Å²) in [4.78, 5) is 18.6. The molecule has 1 unspecified atom stereocenters. The molecule has 2 aromatic carbocycles. The van der Waals surface area contributed by atoms with Gasteiger partial charge in [-0.25, -0.2) is 0 Å². The average molecular weight is 333 g/mol. The Morgan fingerprint density at radius 3 is 2.80 bits per heavy atom. The number of rotatable bonds is 3. The Morgan fingerprint density at radius 1 is 1.12 bits per heavy atom. The molecular formula is C21H23N3O. The van der Waals surface area contributed by atoms with E-state index in [0.29, 0.717) is 6.54 Å². The second kappa shape index (κ2) is 6.73. The minimum atomic E-state index is 0.106. The maximum Gasteiger partial charge on any atom is 0.256 e. The normalized spacial score (nSPS) is 17.8. The molecule has 0 spiro atoms. The van der Waals surface area contributed by atoms with Gasteiger partial charge < -0.3 is 15.6 Å². The Morgan fingerprint density at radius 2 is 1.92 bits per heavy atom. The molecule has 4 rings (SSSR count). The van der Waals surface area contributed by atoms with Crippen molar-refractivity contribution in [2.24, 2.45) is 5.73 Å². The van der Waals surface area contributed by atoms with Crippen LogP contribution in [-0.4, -0.2) is 22.3 Å². The topological polar surface area (TPSA) is 62.1 Å². The lowest BCUT2D eigenvalue weighted by molar-refractivity contribution is 0.0612. The molecule has 1 atom stereocenters. The van der Waals surface area contributed by atoms with Crippen molar-refractivity contribution in [2.45, 2.75) is 31.8 Å². The lowest BCUT2D eigenvalue weighted by Crippen LogP contribution is -2.39. The molecule has 2 heterocycles. The summed E-state index contributed by atoms with van der Waals surface area (Å²) in [6, 6.07) is 16.3. The molecule has 1 aromatic heterocycles. The second-order valence-corrected chi connectivity index (χ2v) is 6.66. The molecule has 25 heavy (non-hydrogen) atoms. The van der Waals surface area contributed by atoms with E-state index in [1.165, 1.54) is 5.56 Å². The van der Waals surface area contributed by atoms with Crippen molar-refractivity contribution in [3.63, 3.8) is 0 Å². The van der Waals surface area contributed by atoms with Crippen LogP contribution in [-0.2, 0) is 6.54 Å². The van der Waals surface area contributed by atoms with E-state index >= 15 is 0 Å². The van der Waals surface area contributed by atoms with Gasteiger partial charge in [-0.1, -0.05) is 42.5 Å². The van der Waals surface area contributed by atoms with Gasteiger partial charge in [0.25, 0.3) is 5.91 Å². The first-order valence-corrected chi connectivity index (χ1v) is 8.94. The highest BCUT2D eigenvalue weighted by Gasteiger charge is 2.30. The van der Waals surface area contributed by atoms with Gasteiger partial charge in [0.1, 0.15) is 0 Å². The van der Waals surface area contributed by atoms with Crippen LogP contribution >= 0.6 is 0 Å². The summed E-state index contributed by atoms with van der Waals surface area (Å²) in [5.74, 6) is 0.106. The minimum absolute atomic E-state index is 0.106. The Bertz CT molecular complexity index is 899. The summed E-state index contributed by atoms with van der Waals surface area (Å²) < 4.78 is 0. The molecule has 4 nitrogen and oxygen atoms in total. The van der Waals surface area contributed by atoms with Crippen molar-refractivity contribution in [3.8, 4) is 0 Å². The molecule has 4 heteroatoms. The van der Waals surface area contributed by atoms with Gasteiger partial charge in [-0.2, -0.15) is 0 Å². The van der Waals surface area contributed by atoms with Crippen LogP contribution in [0.25, 0.3) is 10.9 Å². The number of nitrogens with zero attached hydrogens (tertiary/aromatic N) is 1. The highest BCUT2D eigenvalue weighted by molar-refractivity contribution is 6.06. The number of para-hydroxylation sites is 1. The fourth-order valence-electron chi connectivity index (χ4n) is 3.95. The summed E-state index contributed by atoms with van der Waals surface area (Å²) in [7, 11) is 0. The van der Waals surface area contributed by atoms with Gasteiger partial charge in [-0.15, -0.1) is 0 Å². The summed E-state index contributed by atoms with van der Waals surface area (Å²) in [6.07, 6.45) is 5.02. The number of carbonyl (C=O) groups is 1. The van der Waals surface area contributed by atoms with E-state index in [2.05, 4.69) is 17.1 Å². The quantitative estimate of drug-likeness (QED) is 0.761. The van der Waals surface area contributed by atoms with Crippen LogP contribution < -0.4 is 5.73 Å². The smallest absolute Gasteiger partial charge is 0.256 e. The number of aromatic nitrogens is 1. The number of hydrogen-bond donors (Lipinski definition) is 2. The molecule has 0 saturated carbocycles. The van der Waals surface area contributed by atoms with Crippen LogP contribution in [0.2, 0.25) is 0 Å². The number of nitrogens with two attached hydrogens (primary N) is 1. The van der Waals surface area contributed by atoms with Crippen molar-refractivity contribution in [3.05, 3.63) is 71.4 Å². The molecule has 0 aliphatic carbocycles. The Kier molecular flexibility index (Phi) is 4.28. The van der Waals surface area contributed by atoms with E-state index in [9.17, 15) is 4.79 Å². The van der Waals surface area contributed by atoms with Crippen LogP contribution in [0.3, 0.4) is 0 Å². The zero-order chi connectivity index (χ0) is 17.2. The summed E-state index contributed by atoms with van der Waals surface area (Å²) >= 11 is 0. The van der Waals surface area contributed by atoms with Gasteiger partial charge in [-0.05, 0) is 36.5 Å². The predicted octanol–water partition coefficient (Wildman–Crippen LogP) is 3.99. The van der Waals surface area contributed by atoms with E-state index in [1.807, 2.05) is 47.5 Å². The van der Waals surface area contributed by atoms with E-state index in [4.69, 9.17) is 5.73 Å². The number of aromatic amines is 1. The van der Waals surface area contributed by atoms with E-state index in [0.717, 1.165) is 47.8 Å². The molecular weight excluding hydrogens is 310 g/mol. The largest absolute Gasteiger partial charge is 0.360 e. The third-order valence-electron chi connectivity index (χ3n) is 5.22. The van der Waals surface area contributed by atoms with Gasteiger partial charge in [-0.3, -0.25) is 4.79 Å². The van der Waals surface area contributed by atoms with E-state index in [1.54, 1.807) is 0 Å². The van der Waals surface area contributed by atoms with Crippen LogP contribution in [0.4, 0.5) is 0 Å². The number of hydrogen-bond acceptors (Lipinski definition) is 2. The second-order valence-electron chi connectivity index (χ2n) is 6.66. The van der Waals surface area contributed by atoms with Gasteiger partial charge in [0.2, 0.25) is 0 Å². The van der Waals surface area contributed by atoms with Crippen LogP contribution in [0.1, 0.15) is 46.8 Å². The van der Waals surface area contributed by atoms with E-state index in [-0.39, 0.29) is 11.9 Å². The van der Waals surface area contributed by atoms with Crippen LogP contribution in [0.15, 0.2) is 54.7 Å². The van der Waals surface area contributed by atoms with Crippen molar-refractivity contribution < 1.29 is 4.79 Å². The van der Waals surface area contributed by atoms with Crippen LogP contribution in [0, 0.1) is 0 Å². The average Bonchev–Trinajstić information content (AvgIpc) is 3.11. The number of likely N-dealkylation sites (tertiary alicyclic amines) is 1. The summed E-state index contributed by atoms with van der Waals surface area (Å²) in [6.45, 7) is 1.30. The monoisotopic (exact) mass is 333 g/mol. The molecule has 1 fully saturated rings. The minimum Gasteiger partial charge on any atom is -0.360 e. The van der Waals surface area contributed by atoms with Gasteiger partial charge >= 0.3 is 0 Å². The summed E-state index contributed by atoms with van der Waals surface area (Å²) in [5, 5.41) is 0.990. The number of H-pyrrole nitrogens is 1. The van der Waals surface area contributed by atoms with Crippen molar-refractivity contribution in [2.75, 3.05) is 6.54 Å². The Hall–Kier alpha value is -2.59. The maximum absolute atomic E-state index is 13.3. The first-order valence-electron chi connectivity index (χ1n) is 8.94. The molecule has 0 radical (unpaired) electrons. The van der Waals surface area contributed by atoms with Crippen molar-refractivity contribution >= 4 is 16.8 Å². The number of benzene rings is 2. The standard InChI is InChI=1S/C21H23N3O/c22-13-15-7-1-2-8-16(15)20-11-5-6-12-24(20)21(25)18-14-23-19-10-4-3-9-17(18)19/h1-4,7-10,14,20,23H,5-6,11-13,22H2. The molecule has 3 aromatic rings. The SMILES string of the molecule is NCc1ccccc1C1CCCCN1C(=O)c1c[nH]c2ccccc12. The van der Waals surface area contributed by atoms with E-state index < -0.39 is 0 Å². The van der Waals surface area contributed by atoms with Gasteiger partial charge in [0, 0.05) is 30.2 Å². The summed E-state index contributed by atoms with van der Waals surface area (Å²) in [5.41, 5.74) is 10.0. The molecule has 0 bridgehead atoms. The fourth-order valence-corrected chi connectivity index (χ4v) is 3.95. The third kappa shape index (κ3) is 2.83. The number of amides is 1. The number of piperidine rings is 1. The first kappa shape index (κ1) is 15.9. The number of fused-ring (bicyclic) bond motifs is 1. The van der Waals surface area contributed by atoms with Crippen molar-refractivity contribution in [1.29, 1.82) is 0 Å². The molecule has 1 saturated heterocycles. The van der Waals surface area contributed by atoms with Gasteiger partial charge in [0.05, 0.1) is 11.6 Å². The molecule has 1 aliphatic rings. The van der Waals surface area contributed by atoms with Crippen molar-refractivity contribution in [1.82, 2.24) is 9.88 Å². The first-order chi connectivity index (χ1) is 12.3.